The van der Waals surface area contributed by atoms with Crippen LogP contribution in [-0.4, -0.2) is 18.1 Å². The van der Waals surface area contributed by atoms with Gasteiger partial charge in [-0.05, 0) is 13.8 Å². The molecule has 1 heterocycles. The number of aromatic nitrogens is 1. The van der Waals surface area contributed by atoms with Crippen LogP contribution in [0.2, 0.25) is 0 Å². The van der Waals surface area contributed by atoms with Crippen molar-refractivity contribution in [3.8, 4) is 5.75 Å². The predicted molar refractivity (Wildman–Crippen MR) is 54.0 cm³/mol. The van der Waals surface area contributed by atoms with Crippen LogP contribution in [0, 0.1) is 0 Å². The van der Waals surface area contributed by atoms with Gasteiger partial charge in [0.25, 0.3) is 0 Å². The zero-order chi connectivity index (χ0) is 9.84. The molecule has 0 saturated heterocycles. The first-order chi connectivity index (χ1) is 6.13. The number of hydrogen-bond acceptors (Lipinski definition) is 4. The first kappa shape index (κ1) is 9.64. The van der Waals surface area contributed by atoms with Crippen molar-refractivity contribution < 1.29 is 4.74 Å². The normalized spacial score (nSPS) is 10.2. The van der Waals surface area contributed by atoms with Gasteiger partial charge < -0.3 is 15.8 Å². The first-order valence-electron chi connectivity index (χ1n) is 4.19. The van der Waals surface area contributed by atoms with Gasteiger partial charge in [0.1, 0.15) is 11.6 Å². The topological polar surface area (TPSA) is 60.2 Å². The maximum absolute atomic E-state index is 5.62. The fourth-order valence-corrected chi connectivity index (χ4v) is 0.999. The van der Waals surface area contributed by atoms with Crippen molar-refractivity contribution in [3.63, 3.8) is 0 Å². The van der Waals surface area contributed by atoms with Crippen LogP contribution in [0.15, 0.2) is 12.3 Å². The van der Waals surface area contributed by atoms with Crippen LogP contribution in [0.25, 0.3) is 0 Å². The van der Waals surface area contributed by atoms with Gasteiger partial charge in [-0.3, -0.25) is 0 Å². The van der Waals surface area contributed by atoms with Gasteiger partial charge in [-0.1, -0.05) is 0 Å². The average molecular weight is 181 g/mol. The second-order valence-corrected chi connectivity index (χ2v) is 3.11. The summed E-state index contributed by atoms with van der Waals surface area (Å²) in [5.41, 5.74) is 6.17. The van der Waals surface area contributed by atoms with Gasteiger partial charge in [0.05, 0.1) is 19.0 Å². The number of nitrogens with zero attached hydrogens (tertiary/aromatic N) is 1. The summed E-state index contributed by atoms with van der Waals surface area (Å²) in [6.07, 6.45) is 1.59. The Balaban J connectivity index is 2.86. The van der Waals surface area contributed by atoms with Crippen LogP contribution in [0.5, 0.6) is 5.75 Å². The molecule has 72 valence electrons. The summed E-state index contributed by atoms with van der Waals surface area (Å²) < 4.78 is 5.06. The molecule has 1 aromatic heterocycles. The summed E-state index contributed by atoms with van der Waals surface area (Å²) in [5.74, 6) is 1.43. The molecule has 0 fully saturated rings. The zero-order valence-electron chi connectivity index (χ0n) is 8.16. The van der Waals surface area contributed by atoms with Crippen molar-refractivity contribution in [1.29, 1.82) is 0 Å². The Labute approximate surface area is 78.1 Å². The summed E-state index contributed by atoms with van der Waals surface area (Å²) in [6, 6.07) is 2.14. The molecule has 0 saturated carbocycles. The third-order valence-corrected chi connectivity index (χ3v) is 1.55. The number of nitrogen functional groups attached to an aromatic ring is 1. The summed E-state index contributed by atoms with van der Waals surface area (Å²) in [6.45, 7) is 4.09. The minimum atomic E-state index is 0.348. The van der Waals surface area contributed by atoms with E-state index < -0.39 is 0 Å². The molecule has 0 amide bonds. The quantitative estimate of drug-likeness (QED) is 0.741. The van der Waals surface area contributed by atoms with Crippen LogP contribution < -0.4 is 15.8 Å². The molecule has 13 heavy (non-hydrogen) atoms. The van der Waals surface area contributed by atoms with E-state index in [4.69, 9.17) is 10.5 Å². The molecule has 0 aliphatic carbocycles. The summed E-state index contributed by atoms with van der Waals surface area (Å²) in [4.78, 5) is 4.11. The van der Waals surface area contributed by atoms with Gasteiger partial charge in [0.2, 0.25) is 0 Å². The molecule has 0 atom stereocenters. The standard InChI is InChI=1S/C9H15N3O/c1-6(2)12-9-4-8(13-3)7(10)5-11-9/h4-6H,10H2,1-3H3,(H,11,12). The fraction of sp³-hybridized carbons (Fsp3) is 0.444. The van der Waals surface area contributed by atoms with Gasteiger partial charge in [0, 0.05) is 12.1 Å². The van der Waals surface area contributed by atoms with E-state index in [1.807, 2.05) is 13.8 Å². The van der Waals surface area contributed by atoms with Crippen LogP contribution in [0.3, 0.4) is 0 Å². The number of hydrogen-bond donors (Lipinski definition) is 2. The molecule has 0 unspecified atom stereocenters. The summed E-state index contributed by atoms with van der Waals surface area (Å²) >= 11 is 0. The Morgan fingerprint density at radius 3 is 2.77 bits per heavy atom. The number of methoxy groups -OCH3 is 1. The third kappa shape index (κ3) is 2.50. The second-order valence-electron chi connectivity index (χ2n) is 3.11. The highest BCUT2D eigenvalue weighted by atomic mass is 16.5. The lowest BCUT2D eigenvalue weighted by Gasteiger charge is -2.10. The highest BCUT2D eigenvalue weighted by molar-refractivity contribution is 5.56. The lowest BCUT2D eigenvalue weighted by Crippen LogP contribution is -2.11. The average Bonchev–Trinajstić information content (AvgIpc) is 2.07. The number of nitrogens with one attached hydrogen (secondary N) is 1. The Morgan fingerprint density at radius 2 is 2.23 bits per heavy atom. The lowest BCUT2D eigenvalue weighted by atomic mass is 10.3. The van der Waals surface area contributed by atoms with E-state index in [1.54, 1.807) is 19.4 Å². The maximum Gasteiger partial charge on any atom is 0.147 e. The van der Waals surface area contributed by atoms with Crippen LogP contribution in [0.1, 0.15) is 13.8 Å². The van der Waals surface area contributed by atoms with Crippen molar-refractivity contribution >= 4 is 11.5 Å². The molecule has 1 aromatic rings. The molecule has 4 heteroatoms. The van der Waals surface area contributed by atoms with E-state index in [9.17, 15) is 0 Å². The molecule has 1 rings (SSSR count). The van der Waals surface area contributed by atoms with Gasteiger partial charge in [0.15, 0.2) is 0 Å². The smallest absolute Gasteiger partial charge is 0.147 e. The molecule has 0 bridgehead atoms. The van der Waals surface area contributed by atoms with E-state index in [1.165, 1.54) is 0 Å². The zero-order valence-corrected chi connectivity index (χ0v) is 8.16. The van der Waals surface area contributed by atoms with Crippen molar-refractivity contribution in [2.24, 2.45) is 0 Å². The largest absolute Gasteiger partial charge is 0.494 e. The third-order valence-electron chi connectivity index (χ3n) is 1.55. The van der Waals surface area contributed by atoms with Gasteiger partial charge in [-0.15, -0.1) is 0 Å². The first-order valence-corrected chi connectivity index (χ1v) is 4.19. The van der Waals surface area contributed by atoms with E-state index >= 15 is 0 Å². The monoisotopic (exact) mass is 181 g/mol. The fourth-order valence-electron chi connectivity index (χ4n) is 0.999. The van der Waals surface area contributed by atoms with Gasteiger partial charge >= 0.3 is 0 Å². The maximum atomic E-state index is 5.62. The van der Waals surface area contributed by atoms with Crippen molar-refractivity contribution in [1.82, 2.24) is 4.98 Å². The number of anilines is 2. The minimum Gasteiger partial charge on any atom is -0.494 e. The van der Waals surface area contributed by atoms with Crippen molar-refractivity contribution in [2.75, 3.05) is 18.2 Å². The second kappa shape index (κ2) is 3.98. The molecule has 4 nitrogen and oxygen atoms in total. The molecule has 3 N–H and O–H groups in total. The summed E-state index contributed by atoms with van der Waals surface area (Å²) in [5, 5.41) is 3.16. The Hall–Kier alpha value is -1.45. The number of ether oxygens (including phenoxy) is 1. The Bertz CT molecular complexity index is 286. The van der Waals surface area contributed by atoms with Crippen LogP contribution in [-0.2, 0) is 0 Å². The van der Waals surface area contributed by atoms with E-state index in [2.05, 4.69) is 10.3 Å². The molecular formula is C9H15N3O. The highest BCUT2D eigenvalue weighted by Crippen LogP contribution is 2.22. The van der Waals surface area contributed by atoms with E-state index in [0.717, 1.165) is 5.82 Å². The lowest BCUT2D eigenvalue weighted by molar-refractivity contribution is 0.416. The van der Waals surface area contributed by atoms with Crippen LogP contribution in [0.4, 0.5) is 11.5 Å². The van der Waals surface area contributed by atoms with Crippen molar-refractivity contribution in [3.05, 3.63) is 12.3 Å². The molecule has 0 aromatic carbocycles. The number of nitrogens with two attached hydrogens (primary N) is 1. The summed E-state index contributed by atoms with van der Waals surface area (Å²) in [7, 11) is 1.59. The minimum absolute atomic E-state index is 0.348. The molecule has 0 spiro atoms. The van der Waals surface area contributed by atoms with Gasteiger partial charge in [-0.25, -0.2) is 4.98 Å². The van der Waals surface area contributed by atoms with E-state index in [-0.39, 0.29) is 0 Å². The SMILES string of the molecule is COc1cc(NC(C)C)ncc1N. The van der Waals surface area contributed by atoms with E-state index in [0.29, 0.717) is 17.5 Å². The van der Waals surface area contributed by atoms with Gasteiger partial charge in [-0.2, -0.15) is 0 Å². The number of rotatable bonds is 3. The number of pyridine rings is 1. The molecular weight excluding hydrogens is 166 g/mol. The molecule has 0 aliphatic rings. The van der Waals surface area contributed by atoms with Crippen molar-refractivity contribution in [2.45, 2.75) is 19.9 Å². The van der Waals surface area contributed by atoms with Crippen LogP contribution >= 0.6 is 0 Å². The Morgan fingerprint density at radius 1 is 1.54 bits per heavy atom. The Kier molecular flexibility index (Phi) is 2.95. The molecule has 0 radical (unpaired) electrons. The highest BCUT2D eigenvalue weighted by Gasteiger charge is 2.02. The molecule has 0 aliphatic heterocycles. The predicted octanol–water partition coefficient (Wildman–Crippen LogP) is 1.49.